The molecule has 2 nitrogen and oxygen atoms in total. The molecule has 0 amide bonds. The number of carbonyl (C=O) groups excluding carboxylic acids is 1. The molecule has 1 aromatic heterocycles. The fourth-order valence-corrected chi connectivity index (χ4v) is 1.82. The second-order valence-corrected chi connectivity index (χ2v) is 3.98. The number of rotatable bonds is 3. The van der Waals surface area contributed by atoms with Crippen LogP contribution in [0.3, 0.4) is 0 Å². The highest BCUT2D eigenvalue weighted by Gasteiger charge is 2.06. The molecule has 0 atom stereocenters. The van der Waals surface area contributed by atoms with E-state index in [1.807, 2.05) is 41.8 Å². The van der Waals surface area contributed by atoms with Gasteiger partial charge in [0.2, 0.25) is 0 Å². The van der Waals surface area contributed by atoms with Crippen molar-refractivity contribution in [1.82, 2.24) is 0 Å². The molecule has 76 valence electrons. The quantitative estimate of drug-likeness (QED) is 0.740. The standard InChI is InChI=1S/C12H10O2S/c13-11(14-12-7-4-8-15-12)9-10-5-2-1-3-6-10/h1-8H,9H2. The van der Waals surface area contributed by atoms with Crippen LogP contribution in [0.15, 0.2) is 47.8 Å². The van der Waals surface area contributed by atoms with Gasteiger partial charge in [-0.2, -0.15) is 0 Å². The van der Waals surface area contributed by atoms with Gasteiger partial charge in [0, 0.05) is 0 Å². The Bertz CT molecular complexity index is 420. The SMILES string of the molecule is O=C(Cc1ccccc1)Oc1cccs1. The van der Waals surface area contributed by atoms with Crippen LogP contribution < -0.4 is 4.74 Å². The molecule has 0 saturated heterocycles. The molecule has 0 spiro atoms. The van der Waals surface area contributed by atoms with Crippen molar-refractivity contribution < 1.29 is 9.53 Å². The average Bonchev–Trinajstić information content (AvgIpc) is 2.71. The maximum atomic E-state index is 11.5. The summed E-state index contributed by atoms with van der Waals surface area (Å²) in [4.78, 5) is 11.5. The predicted molar refractivity (Wildman–Crippen MR) is 60.1 cm³/mol. The maximum Gasteiger partial charge on any atom is 0.316 e. The molecule has 3 heteroatoms. The average molecular weight is 218 g/mol. The number of hydrogen-bond donors (Lipinski definition) is 0. The van der Waals surface area contributed by atoms with Gasteiger partial charge >= 0.3 is 5.97 Å². The second-order valence-electron chi connectivity index (χ2n) is 3.07. The third kappa shape index (κ3) is 2.92. The van der Waals surface area contributed by atoms with E-state index in [0.717, 1.165) is 5.56 Å². The van der Waals surface area contributed by atoms with Gasteiger partial charge in [-0.05, 0) is 23.1 Å². The van der Waals surface area contributed by atoms with Gasteiger partial charge in [0.15, 0.2) is 5.06 Å². The Hall–Kier alpha value is -1.61. The summed E-state index contributed by atoms with van der Waals surface area (Å²) in [6.45, 7) is 0. The van der Waals surface area contributed by atoms with Gasteiger partial charge in [-0.25, -0.2) is 0 Å². The van der Waals surface area contributed by atoms with Crippen LogP contribution in [-0.2, 0) is 11.2 Å². The van der Waals surface area contributed by atoms with E-state index in [9.17, 15) is 4.79 Å². The molecule has 0 aliphatic heterocycles. The Kier molecular flexibility index (Phi) is 3.15. The zero-order chi connectivity index (χ0) is 10.5. The van der Waals surface area contributed by atoms with Crippen molar-refractivity contribution in [3.05, 3.63) is 53.4 Å². The van der Waals surface area contributed by atoms with Crippen molar-refractivity contribution in [3.63, 3.8) is 0 Å². The zero-order valence-electron chi connectivity index (χ0n) is 8.05. The summed E-state index contributed by atoms with van der Waals surface area (Å²) >= 11 is 1.42. The fourth-order valence-electron chi connectivity index (χ4n) is 1.23. The third-order valence-electron chi connectivity index (χ3n) is 1.90. The van der Waals surface area contributed by atoms with Gasteiger partial charge in [0.25, 0.3) is 0 Å². The summed E-state index contributed by atoms with van der Waals surface area (Å²) in [5.74, 6) is -0.219. The lowest BCUT2D eigenvalue weighted by Gasteiger charge is -2.01. The molecule has 0 unspecified atom stereocenters. The van der Waals surface area contributed by atoms with Crippen LogP contribution in [-0.4, -0.2) is 5.97 Å². The Morgan fingerprint density at radius 2 is 1.93 bits per heavy atom. The van der Waals surface area contributed by atoms with Crippen LogP contribution in [0.1, 0.15) is 5.56 Å². The normalized spacial score (nSPS) is 9.87. The van der Waals surface area contributed by atoms with Crippen LogP contribution in [0, 0.1) is 0 Å². The highest BCUT2D eigenvalue weighted by Crippen LogP contribution is 2.18. The van der Waals surface area contributed by atoms with Crippen LogP contribution in [0.4, 0.5) is 0 Å². The third-order valence-corrected chi connectivity index (χ3v) is 2.65. The Labute approximate surface area is 92.1 Å². The Morgan fingerprint density at radius 1 is 1.13 bits per heavy atom. The van der Waals surface area contributed by atoms with Crippen LogP contribution >= 0.6 is 11.3 Å². The van der Waals surface area contributed by atoms with E-state index in [0.29, 0.717) is 11.5 Å². The summed E-state index contributed by atoms with van der Waals surface area (Å²) in [7, 11) is 0. The van der Waals surface area contributed by atoms with E-state index in [2.05, 4.69) is 0 Å². The maximum absolute atomic E-state index is 11.5. The highest BCUT2D eigenvalue weighted by molar-refractivity contribution is 7.11. The molecule has 0 radical (unpaired) electrons. The van der Waals surface area contributed by atoms with Gasteiger partial charge in [-0.3, -0.25) is 4.79 Å². The van der Waals surface area contributed by atoms with Crippen molar-refractivity contribution in [3.8, 4) is 5.06 Å². The first kappa shape index (κ1) is 9.93. The molecule has 0 aliphatic rings. The Morgan fingerprint density at radius 3 is 2.60 bits per heavy atom. The smallest absolute Gasteiger partial charge is 0.316 e. The number of benzene rings is 1. The lowest BCUT2D eigenvalue weighted by Crippen LogP contribution is -2.10. The van der Waals surface area contributed by atoms with Gasteiger partial charge < -0.3 is 4.74 Å². The molecule has 1 heterocycles. The zero-order valence-corrected chi connectivity index (χ0v) is 8.87. The van der Waals surface area contributed by atoms with Gasteiger partial charge in [-0.1, -0.05) is 30.3 Å². The predicted octanol–water partition coefficient (Wildman–Crippen LogP) is 2.90. The van der Waals surface area contributed by atoms with Crippen molar-refractivity contribution in [1.29, 1.82) is 0 Å². The summed E-state index contributed by atoms with van der Waals surface area (Å²) in [6, 6.07) is 13.2. The molecule has 0 fully saturated rings. The molecule has 0 N–H and O–H groups in total. The highest BCUT2D eigenvalue weighted by atomic mass is 32.1. The van der Waals surface area contributed by atoms with Crippen molar-refractivity contribution in [2.75, 3.05) is 0 Å². The van der Waals surface area contributed by atoms with E-state index in [1.165, 1.54) is 11.3 Å². The second kappa shape index (κ2) is 4.75. The molecule has 0 saturated carbocycles. The molecular formula is C12H10O2S. The van der Waals surface area contributed by atoms with E-state index >= 15 is 0 Å². The molecular weight excluding hydrogens is 208 g/mol. The van der Waals surface area contributed by atoms with Crippen LogP contribution in [0.25, 0.3) is 0 Å². The number of esters is 1. The molecule has 2 rings (SSSR count). The monoisotopic (exact) mass is 218 g/mol. The summed E-state index contributed by atoms with van der Waals surface area (Å²) in [6.07, 6.45) is 0.318. The molecule has 2 aromatic rings. The lowest BCUT2D eigenvalue weighted by molar-refractivity contribution is -0.133. The Balaban J connectivity index is 1.94. The molecule has 0 aliphatic carbocycles. The van der Waals surface area contributed by atoms with Crippen molar-refractivity contribution >= 4 is 17.3 Å². The van der Waals surface area contributed by atoms with Crippen molar-refractivity contribution in [2.24, 2.45) is 0 Å². The van der Waals surface area contributed by atoms with E-state index in [-0.39, 0.29) is 5.97 Å². The fraction of sp³-hybridized carbons (Fsp3) is 0.0833. The lowest BCUT2D eigenvalue weighted by atomic mass is 10.2. The van der Waals surface area contributed by atoms with Crippen molar-refractivity contribution in [2.45, 2.75) is 6.42 Å². The summed E-state index contributed by atoms with van der Waals surface area (Å²) < 4.78 is 5.14. The van der Waals surface area contributed by atoms with E-state index in [4.69, 9.17) is 4.74 Å². The number of ether oxygens (including phenoxy) is 1. The number of carbonyl (C=O) groups is 1. The largest absolute Gasteiger partial charge is 0.415 e. The molecule has 1 aromatic carbocycles. The minimum Gasteiger partial charge on any atom is -0.415 e. The first-order valence-corrected chi connectivity index (χ1v) is 5.50. The first-order chi connectivity index (χ1) is 7.34. The van der Waals surface area contributed by atoms with Gasteiger partial charge in [0.1, 0.15) is 0 Å². The van der Waals surface area contributed by atoms with E-state index < -0.39 is 0 Å². The van der Waals surface area contributed by atoms with Gasteiger partial charge in [0.05, 0.1) is 6.42 Å². The van der Waals surface area contributed by atoms with Gasteiger partial charge in [-0.15, -0.1) is 11.3 Å². The molecule has 0 bridgehead atoms. The van der Waals surface area contributed by atoms with Crippen LogP contribution in [0.2, 0.25) is 0 Å². The molecule has 15 heavy (non-hydrogen) atoms. The number of thiophene rings is 1. The first-order valence-electron chi connectivity index (χ1n) is 4.63. The number of hydrogen-bond acceptors (Lipinski definition) is 3. The van der Waals surface area contributed by atoms with E-state index in [1.54, 1.807) is 6.07 Å². The minimum absolute atomic E-state index is 0.219. The summed E-state index contributed by atoms with van der Waals surface area (Å²) in [5.41, 5.74) is 0.971. The minimum atomic E-state index is -0.219. The van der Waals surface area contributed by atoms with Crippen LogP contribution in [0.5, 0.6) is 5.06 Å². The summed E-state index contributed by atoms with van der Waals surface area (Å²) in [5, 5.41) is 2.53. The topological polar surface area (TPSA) is 26.3 Å².